The molecule has 0 aliphatic rings. The number of pyridine rings is 1. The summed E-state index contributed by atoms with van der Waals surface area (Å²) in [7, 11) is 0. The molecule has 3 rings (SSSR count). The Kier molecular flexibility index (Phi) is 5.67. The molecule has 1 atom stereocenters. The van der Waals surface area contributed by atoms with Crippen LogP contribution in [0.4, 0.5) is 14.5 Å². The van der Waals surface area contributed by atoms with E-state index < -0.39 is 29.6 Å². The minimum absolute atomic E-state index is 0.131. The van der Waals surface area contributed by atoms with Gasteiger partial charge in [0.1, 0.15) is 11.6 Å². The molecule has 1 N–H and O–H groups in total. The maximum Gasteiger partial charge on any atom is 0.340 e. The van der Waals surface area contributed by atoms with Crippen LogP contribution in [-0.2, 0) is 9.53 Å². The van der Waals surface area contributed by atoms with Crippen molar-refractivity contribution in [1.82, 2.24) is 14.8 Å². The van der Waals surface area contributed by atoms with Crippen LogP contribution in [0, 0.1) is 25.5 Å². The van der Waals surface area contributed by atoms with Crippen molar-refractivity contribution in [3.63, 3.8) is 0 Å². The van der Waals surface area contributed by atoms with Crippen molar-refractivity contribution < 1.29 is 23.1 Å². The number of hydrogen-bond acceptors (Lipinski definition) is 5. The molecule has 1 amide bonds. The van der Waals surface area contributed by atoms with E-state index in [2.05, 4.69) is 15.4 Å². The number of halogens is 2. The van der Waals surface area contributed by atoms with E-state index in [1.807, 2.05) is 19.9 Å². The van der Waals surface area contributed by atoms with Gasteiger partial charge < -0.3 is 10.1 Å². The van der Waals surface area contributed by atoms with Crippen LogP contribution >= 0.6 is 0 Å². The number of esters is 1. The first-order chi connectivity index (χ1) is 13.7. The van der Waals surface area contributed by atoms with Gasteiger partial charge in [0.25, 0.3) is 5.91 Å². The predicted octanol–water partition coefficient (Wildman–Crippen LogP) is 3.35. The Morgan fingerprint density at radius 1 is 1.14 bits per heavy atom. The first kappa shape index (κ1) is 20.1. The molecular formula is C20H18F2N4O3. The summed E-state index contributed by atoms with van der Waals surface area (Å²) in [5, 5.41) is 6.50. The number of aromatic nitrogens is 3. The summed E-state index contributed by atoms with van der Waals surface area (Å²) in [4.78, 5) is 28.6. The van der Waals surface area contributed by atoms with E-state index in [9.17, 15) is 18.4 Å². The van der Waals surface area contributed by atoms with E-state index in [4.69, 9.17) is 4.74 Å². The molecule has 2 heterocycles. The maximum absolute atomic E-state index is 13.6. The fourth-order valence-electron chi connectivity index (χ4n) is 2.60. The van der Waals surface area contributed by atoms with Crippen LogP contribution in [0.25, 0.3) is 5.82 Å². The summed E-state index contributed by atoms with van der Waals surface area (Å²) in [5.41, 5.74) is 1.52. The number of hydrogen-bond donors (Lipinski definition) is 1. The average molecular weight is 400 g/mol. The molecule has 0 spiro atoms. The van der Waals surface area contributed by atoms with Gasteiger partial charge in [-0.15, -0.1) is 0 Å². The van der Waals surface area contributed by atoms with Crippen molar-refractivity contribution >= 4 is 17.6 Å². The van der Waals surface area contributed by atoms with Gasteiger partial charge in [-0.1, -0.05) is 0 Å². The highest BCUT2D eigenvalue weighted by Crippen LogP contribution is 2.16. The molecule has 0 radical (unpaired) electrons. The molecule has 0 aliphatic carbocycles. The van der Waals surface area contributed by atoms with E-state index in [-0.39, 0.29) is 11.3 Å². The number of ether oxygens (including phenoxy) is 1. The Balaban J connectivity index is 1.65. The fourth-order valence-corrected chi connectivity index (χ4v) is 2.60. The van der Waals surface area contributed by atoms with Crippen molar-refractivity contribution in [3.05, 3.63) is 71.2 Å². The normalized spacial score (nSPS) is 11.8. The number of benzene rings is 1. The van der Waals surface area contributed by atoms with Crippen LogP contribution in [-0.4, -0.2) is 32.7 Å². The summed E-state index contributed by atoms with van der Waals surface area (Å²) >= 11 is 0. The van der Waals surface area contributed by atoms with E-state index in [0.717, 1.165) is 29.6 Å². The van der Waals surface area contributed by atoms with Gasteiger partial charge in [-0.05, 0) is 51.1 Å². The standard InChI is InChI=1S/C20H18F2N4O3/c1-11-8-12(2)26(25-11)18-7-4-14(10-23-18)20(28)29-13(3)19(27)24-17-9-15(21)5-6-16(17)22/h4-10,13H,1-3H3,(H,24,27). The van der Waals surface area contributed by atoms with Crippen LogP contribution in [0.1, 0.15) is 28.7 Å². The highest BCUT2D eigenvalue weighted by molar-refractivity contribution is 5.97. The number of carbonyl (C=O) groups excluding carboxylic acids is 2. The Morgan fingerprint density at radius 3 is 2.52 bits per heavy atom. The van der Waals surface area contributed by atoms with Crippen molar-refractivity contribution in [2.24, 2.45) is 0 Å². The smallest absolute Gasteiger partial charge is 0.340 e. The van der Waals surface area contributed by atoms with Crippen LogP contribution in [0.15, 0.2) is 42.6 Å². The second-order valence-electron chi connectivity index (χ2n) is 6.40. The van der Waals surface area contributed by atoms with E-state index in [1.165, 1.54) is 19.2 Å². The number of nitrogens with zero attached hydrogens (tertiary/aromatic N) is 3. The Bertz CT molecular complexity index is 1060. The first-order valence-corrected chi connectivity index (χ1v) is 8.71. The highest BCUT2D eigenvalue weighted by atomic mass is 19.1. The zero-order chi connectivity index (χ0) is 21.1. The Hall–Kier alpha value is -3.62. The summed E-state index contributed by atoms with van der Waals surface area (Å²) < 4.78 is 33.5. The lowest BCUT2D eigenvalue weighted by Crippen LogP contribution is -2.30. The summed E-state index contributed by atoms with van der Waals surface area (Å²) in [5.74, 6) is -2.56. The lowest BCUT2D eigenvalue weighted by Gasteiger charge is -2.14. The Labute approximate surface area is 165 Å². The van der Waals surface area contributed by atoms with Crippen LogP contribution in [0.5, 0.6) is 0 Å². The maximum atomic E-state index is 13.6. The van der Waals surface area contributed by atoms with Crippen LogP contribution in [0.3, 0.4) is 0 Å². The van der Waals surface area contributed by atoms with E-state index in [0.29, 0.717) is 5.82 Å². The number of rotatable bonds is 5. The SMILES string of the molecule is Cc1cc(C)n(-c2ccc(C(=O)OC(C)C(=O)Nc3cc(F)ccc3F)cn2)n1. The van der Waals surface area contributed by atoms with Gasteiger partial charge in [-0.25, -0.2) is 23.2 Å². The quantitative estimate of drug-likeness (QED) is 0.664. The molecule has 3 aromatic rings. The summed E-state index contributed by atoms with van der Waals surface area (Å²) in [6, 6.07) is 7.64. The van der Waals surface area contributed by atoms with Gasteiger partial charge in [0, 0.05) is 18.0 Å². The molecule has 0 saturated carbocycles. The van der Waals surface area contributed by atoms with Gasteiger partial charge in [0.05, 0.1) is 16.9 Å². The third-order valence-corrected chi connectivity index (χ3v) is 4.05. The zero-order valence-corrected chi connectivity index (χ0v) is 15.9. The molecule has 2 aromatic heterocycles. The first-order valence-electron chi connectivity index (χ1n) is 8.71. The van der Waals surface area contributed by atoms with Gasteiger partial charge in [-0.2, -0.15) is 5.10 Å². The Morgan fingerprint density at radius 2 is 1.90 bits per heavy atom. The molecule has 9 heteroatoms. The van der Waals surface area contributed by atoms with Gasteiger partial charge >= 0.3 is 5.97 Å². The van der Waals surface area contributed by atoms with Crippen molar-refractivity contribution in [2.45, 2.75) is 26.9 Å². The minimum atomic E-state index is -1.24. The largest absolute Gasteiger partial charge is 0.449 e. The van der Waals surface area contributed by atoms with Crippen LogP contribution in [0.2, 0.25) is 0 Å². The van der Waals surface area contributed by atoms with Gasteiger partial charge in [-0.3, -0.25) is 4.79 Å². The second kappa shape index (κ2) is 8.17. The summed E-state index contributed by atoms with van der Waals surface area (Å²) in [6.07, 6.45) is 0.0752. The molecule has 0 bridgehead atoms. The molecule has 29 heavy (non-hydrogen) atoms. The fraction of sp³-hybridized carbons (Fsp3) is 0.200. The van der Waals surface area contributed by atoms with E-state index in [1.54, 1.807) is 10.7 Å². The lowest BCUT2D eigenvalue weighted by molar-refractivity contribution is -0.123. The highest BCUT2D eigenvalue weighted by Gasteiger charge is 2.21. The van der Waals surface area contributed by atoms with Gasteiger partial charge in [0.15, 0.2) is 11.9 Å². The van der Waals surface area contributed by atoms with Crippen molar-refractivity contribution in [1.29, 1.82) is 0 Å². The molecule has 0 saturated heterocycles. The third kappa shape index (κ3) is 4.63. The number of aryl methyl sites for hydroxylation is 2. The number of anilines is 1. The molecule has 1 unspecified atom stereocenters. The van der Waals surface area contributed by atoms with Crippen molar-refractivity contribution in [2.75, 3.05) is 5.32 Å². The molecule has 0 aliphatic heterocycles. The minimum Gasteiger partial charge on any atom is -0.449 e. The molecule has 150 valence electrons. The van der Waals surface area contributed by atoms with E-state index >= 15 is 0 Å². The topological polar surface area (TPSA) is 86.1 Å². The lowest BCUT2D eigenvalue weighted by atomic mass is 10.2. The van der Waals surface area contributed by atoms with Gasteiger partial charge in [0.2, 0.25) is 0 Å². The average Bonchev–Trinajstić information content (AvgIpc) is 3.02. The number of carbonyl (C=O) groups is 2. The molecule has 1 aromatic carbocycles. The summed E-state index contributed by atoms with van der Waals surface area (Å²) in [6.45, 7) is 5.06. The zero-order valence-electron chi connectivity index (χ0n) is 15.9. The molecule has 0 fully saturated rings. The molecule has 7 nitrogen and oxygen atoms in total. The van der Waals surface area contributed by atoms with Crippen LogP contribution < -0.4 is 5.32 Å². The predicted molar refractivity (Wildman–Crippen MR) is 101 cm³/mol. The molecular weight excluding hydrogens is 382 g/mol. The number of amides is 1. The second-order valence-corrected chi connectivity index (χ2v) is 6.40. The number of nitrogens with one attached hydrogen (secondary N) is 1. The third-order valence-electron chi connectivity index (χ3n) is 4.05. The monoisotopic (exact) mass is 400 g/mol. The van der Waals surface area contributed by atoms with Crippen molar-refractivity contribution in [3.8, 4) is 5.82 Å².